The van der Waals surface area contributed by atoms with Crippen molar-refractivity contribution >= 4 is 0 Å². The van der Waals surface area contributed by atoms with E-state index >= 15 is 0 Å². The van der Waals surface area contributed by atoms with Crippen molar-refractivity contribution in [2.75, 3.05) is 0 Å². The molecule has 1 aliphatic rings. The van der Waals surface area contributed by atoms with Crippen LogP contribution in [0, 0.1) is 5.92 Å². The van der Waals surface area contributed by atoms with Gasteiger partial charge < -0.3 is 5.73 Å². The maximum Gasteiger partial charge on any atom is 0.0326 e. The van der Waals surface area contributed by atoms with Crippen LogP contribution >= 0.6 is 0 Å². The standard InChI is InChI=1S/C14H21N/c1-2-3-6-12-10-9-11-7-4-5-8-13(11)14(12)15/h4-5,7-8,12,14H,2-3,6,9-10,15H2,1H3. The molecular weight excluding hydrogens is 182 g/mol. The van der Waals surface area contributed by atoms with Crippen LogP contribution in [0.15, 0.2) is 24.3 Å². The summed E-state index contributed by atoms with van der Waals surface area (Å²) in [6.07, 6.45) is 6.40. The number of aryl methyl sites for hydroxylation is 1. The molecule has 0 spiro atoms. The molecule has 0 fully saturated rings. The zero-order chi connectivity index (χ0) is 10.7. The van der Waals surface area contributed by atoms with Gasteiger partial charge in [0.15, 0.2) is 0 Å². The molecule has 0 saturated carbocycles. The average molecular weight is 203 g/mol. The molecule has 1 nitrogen and oxygen atoms in total. The molecule has 2 atom stereocenters. The van der Waals surface area contributed by atoms with Crippen LogP contribution < -0.4 is 5.73 Å². The van der Waals surface area contributed by atoms with Gasteiger partial charge in [-0.15, -0.1) is 0 Å². The first-order valence-electron chi connectivity index (χ1n) is 6.16. The third-order valence-corrected chi connectivity index (χ3v) is 3.64. The number of rotatable bonds is 3. The summed E-state index contributed by atoms with van der Waals surface area (Å²) in [7, 11) is 0. The first kappa shape index (κ1) is 10.7. The smallest absolute Gasteiger partial charge is 0.0326 e. The number of benzene rings is 1. The fraction of sp³-hybridized carbons (Fsp3) is 0.571. The second kappa shape index (κ2) is 4.80. The highest BCUT2D eigenvalue weighted by Crippen LogP contribution is 2.35. The highest BCUT2D eigenvalue weighted by atomic mass is 14.7. The van der Waals surface area contributed by atoms with E-state index in [2.05, 4.69) is 31.2 Å². The second-order valence-corrected chi connectivity index (χ2v) is 4.67. The second-order valence-electron chi connectivity index (χ2n) is 4.67. The topological polar surface area (TPSA) is 26.0 Å². The molecule has 0 amide bonds. The Bertz CT molecular complexity index is 319. The predicted molar refractivity (Wildman–Crippen MR) is 64.7 cm³/mol. The van der Waals surface area contributed by atoms with Crippen molar-refractivity contribution < 1.29 is 0 Å². The normalized spacial score (nSPS) is 24.9. The minimum atomic E-state index is 0.279. The molecule has 2 rings (SSSR count). The lowest BCUT2D eigenvalue weighted by Crippen LogP contribution is -2.27. The number of fused-ring (bicyclic) bond motifs is 1. The minimum absolute atomic E-state index is 0.279. The van der Waals surface area contributed by atoms with Crippen LogP contribution in [0.25, 0.3) is 0 Å². The Labute approximate surface area is 92.7 Å². The van der Waals surface area contributed by atoms with E-state index in [1.54, 1.807) is 0 Å². The van der Waals surface area contributed by atoms with Gasteiger partial charge in [0, 0.05) is 6.04 Å². The van der Waals surface area contributed by atoms with Gasteiger partial charge in [-0.25, -0.2) is 0 Å². The molecule has 0 aromatic heterocycles. The summed E-state index contributed by atoms with van der Waals surface area (Å²) >= 11 is 0. The van der Waals surface area contributed by atoms with Crippen molar-refractivity contribution in [2.24, 2.45) is 11.7 Å². The maximum atomic E-state index is 6.33. The molecule has 1 heteroatoms. The van der Waals surface area contributed by atoms with Crippen molar-refractivity contribution in [2.45, 2.75) is 45.1 Å². The third-order valence-electron chi connectivity index (χ3n) is 3.64. The highest BCUT2D eigenvalue weighted by molar-refractivity contribution is 5.32. The van der Waals surface area contributed by atoms with Crippen LogP contribution in [0.4, 0.5) is 0 Å². The SMILES string of the molecule is CCCCC1CCc2ccccc2C1N. The zero-order valence-electron chi connectivity index (χ0n) is 9.58. The summed E-state index contributed by atoms with van der Waals surface area (Å²) < 4.78 is 0. The molecule has 82 valence electrons. The number of hydrogen-bond donors (Lipinski definition) is 1. The Balaban J connectivity index is 2.11. The van der Waals surface area contributed by atoms with Crippen molar-refractivity contribution in [3.63, 3.8) is 0 Å². The van der Waals surface area contributed by atoms with Gasteiger partial charge in [0.1, 0.15) is 0 Å². The summed E-state index contributed by atoms with van der Waals surface area (Å²) in [6.45, 7) is 2.25. The summed E-state index contributed by atoms with van der Waals surface area (Å²) in [5.74, 6) is 0.708. The molecule has 15 heavy (non-hydrogen) atoms. The lowest BCUT2D eigenvalue weighted by molar-refractivity contribution is 0.345. The molecule has 2 N–H and O–H groups in total. The van der Waals surface area contributed by atoms with Gasteiger partial charge in [0.2, 0.25) is 0 Å². The highest BCUT2D eigenvalue weighted by Gasteiger charge is 2.25. The van der Waals surface area contributed by atoms with Gasteiger partial charge in [-0.1, -0.05) is 44.0 Å². The van der Waals surface area contributed by atoms with Crippen molar-refractivity contribution in [3.05, 3.63) is 35.4 Å². The minimum Gasteiger partial charge on any atom is -0.324 e. The fourth-order valence-corrected chi connectivity index (χ4v) is 2.65. The maximum absolute atomic E-state index is 6.33. The first-order chi connectivity index (χ1) is 7.33. The van der Waals surface area contributed by atoms with Crippen LogP contribution in [0.1, 0.15) is 49.8 Å². The van der Waals surface area contributed by atoms with Gasteiger partial charge in [-0.3, -0.25) is 0 Å². The lowest BCUT2D eigenvalue weighted by atomic mass is 9.78. The molecule has 1 aromatic rings. The molecule has 1 aliphatic carbocycles. The van der Waals surface area contributed by atoms with E-state index < -0.39 is 0 Å². The molecule has 0 saturated heterocycles. The molecule has 0 bridgehead atoms. The fourth-order valence-electron chi connectivity index (χ4n) is 2.65. The molecule has 0 radical (unpaired) electrons. The van der Waals surface area contributed by atoms with E-state index in [0.29, 0.717) is 5.92 Å². The Hall–Kier alpha value is -0.820. The van der Waals surface area contributed by atoms with Crippen LogP contribution in [0.2, 0.25) is 0 Å². The Morgan fingerprint density at radius 2 is 2.13 bits per heavy atom. The van der Waals surface area contributed by atoms with E-state index in [0.717, 1.165) is 0 Å². The van der Waals surface area contributed by atoms with Crippen LogP contribution in [0.3, 0.4) is 0 Å². The van der Waals surface area contributed by atoms with E-state index in [4.69, 9.17) is 5.73 Å². The van der Waals surface area contributed by atoms with Gasteiger partial charge in [0.05, 0.1) is 0 Å². The van der Waals surface area contributed by atoms with Crippen LogP contribution in [-0.2, 0) is 6.42 Å². The van der Waals surface area contributed by atoms with Crippen LogP contribution in [0.5, 0.6) is 0 Å². The Morgan fingerprint density at radius 1 is 1.33 bits per heavy atom. The first-order valence-corrected chi connectivity index (χ1v) is 6.16. The monoisotopic (exact) mass is 203 g/mol. The van der Waals surface area contributed by atoms with Crippen molar-refractivity contribution in [1.82, 2.24) is 0 Å². The van der Waals surface area contributed by atoms with Gasteiger partial charge in [-0.2, -0.15) is 0 Å². The van der Waals surface area contributed by atoms with E-state index in [1.807, 2.05) is 0 Å². The Kier molecular flexibility index (Phi) is 3.42. The van der Waals surface area contributed by atoms with Gasteiger partial charge >= 0.3 is 0 Å². The van der Waals surface area contributed by atoms with E-state index in [9.17, 15) is 0 Å². The molecule has 1 aromatic carbocycles. The number of nitrogens with two attached hydrogens (primary N) is 1. The summed E-state index contributed by atoms with van der Waals surface area (Å²) in [5.41, 5.74) is 9.19. The predicted octanol–water partition coefficient (Wildman–Crippen LogP) is 3.44. The summed E-state index contributed by atoms with van der Waals surface area (Å²) in [6, 6.07) is 8.95. The third kappa shape index (κ3) is 2.23. The zero-order valence-corrected chi connectivity index (χ0v) is 9.58. The quantitative estimate of drug-likeness (QED) is 0.800. The van der Waals surface area contributed by atoms with Gasteiger partial charge in [0.25, 0.3) is 0 Å². The summed E-state index contributed by atoms with van der Waals surface area (Å²) in [4.78, 5) is 0. The van der Waals surface area contributed by atoms with Crippen LogP contribution in [-0.4, -0.2) is 0 Å². The number of unbranched alkanes of at least 4 members (excludes halogenated alkanes) is 1. The van der Waals surface area contributed by atoms with E-state index in [1.165, 1.54) is 43.2 Å². The van der Waals surface area contributed by atoms with Gasteiger partial charge in [-0.05, 0) is 36.3 Å². The number of hydrogen-bond acceptors (Lipinski definition) is 1. The van der Waals surface area contributed by atoms with Crippen molar-refractivity contribution in [1.29, 1.82) is 0 Å². The van der Waals surface area contributed by atoms with E-state index in [-0.39, 0.29) is 6.04 Å². The summed E-state index contributed by atoms with van der Waals surface area (Å²) in [5, 5.41) is 0. The Morgan fingerprint density at radius 3 is 2.93 bits per heavy atom. The molecule has 0 heterocycles. The average Bonchev–Trinajstić information content (AvgIpc) is 2.29. The lowest BCUT2D eigenvalue weighted by Gasteiger charge is -2.31. The molecular formula is C14H21N. The van der Waals surface area contributed by atoms with Crippen molar-refractivity contribution in [3.8, 4) is 0 Å². The molecule has 0 aliphatic heterocycles. The largest absolute Gasteiger partial charge is 0.324 e. The molecule has 2 unspecified atom stereocenters.